The lowest BCUT2D eigenvalue weighted by Gasteiger charge is -2.08. The summed E-state index contributed by atoms with van der Waals surface area (Å²) in [5.41, 5.74) is 3.87. The second-order valence-electron chi connectivity index (χ2n) is 5.48. The van der Waals surface area contributed by atoms with Gasteiger partial charge in [-0.25, -0.2) is 9.97 Å². The summed E-state index contributed by atoms with van der Waals surface area (Å²) >= 11 is 0. The SMILES string of the molecule is CC.CC.CC.Cc1cccnc1Oc1ccc(Nc2nc3ccccc3[nH]2)cc1. The Balaban J connectivity index is 0.000000691. The number of hydrogen-bond acceptors (Lipinski definition) is 4. The zero-order chi connectivity index (χ0) is 22.4. The van der Waals surface area contributed by atoms with Gasteiger partial charge in [0.05, 0.1) is 11.0 Å². The summed E-state index contributed by atoms with van der Waals surface area (Å²) in [7, 11) is 0. The Morgan fingerprint density at radius 2 is 1.47 bits per heavy atom. The van der Waals surface area contributed by atoms with Crippen LogP contribution in [0.4, 0.5) is 11.6 Å². The van der Waals surface area contributed by atoms with E-state index in [2.05, 4.69) is 20.3 Å². The molecule has 2 aromatic carbocycles. The predicted molar refractivity (Wildman–Crippen MR) is 129 cm³/mol. The number of rotatable bonds is 4. The molecule has 30 heavy (non-hydrogen) atoms. The van der Waals surface area contributed by atoms with Gasteiger partial charge in [-0.15, -0.1) is 0 Å². The number of H-pyrrole nitrogens is 1. The third kappa shape index (κ3) is 6.92. The van der Waals surface area contributed by atoms with Gasteiger partial charge in [0.1, 0.15) is 5.75 Å². The van der Waals surface area contributed by atoms with Gasteiger partial charge in [0.25, 0.3) is 0 Å². The third-order valence-electron chi connectivity index (χ3n) is 3.68. The number of ether oxygens (including phenoxy) is 1. The highest BCUT2D eigenvalue weighted by atomic mass is 16.5. The lowest BCUT2D eigenvalue weighted by atomic mass is 10.3. The highest BCUT2D eigenvalue weighted by molar-refractivity contribution is 5.78. The fourth-order valence-electron chi connectivity index (χ4n) is 2.44. The molecule has 2 heterocycles. The molecule has 0 spiro atoms. The van der Waals surface area contributed by atoms with Gasteiger partial charge in [0.15, 0.2) is 0 Å². The number of imidazole rings is 1. The van der Waals surface area contributed by atoms with Crippen molar-refractivity contribution in [3.63, 3.8) is 0 Å². The van der Waals surface area contributed by atoms with E-state index in [4.69, 9.17) is 4.74 Å². The van der Waals surface area contributed by atoms with E-state index >= 15 is 0 Å². The van der Waals surface area contributed by atoms with E-state index in [1.54, 1.807) is 6.20 Å². The Morgan fingerprint density at radius 1 is 0.800 bits per heavy atom. The smallest absolute Gasteiger partial charge is 0.222 e. The molecule has 2 N–H and O–H groups in total. The van der Waals surface area contributed by atoms with Crippen LogP contribution in [-0.2, 0) is 0 Å². The summed E-state index contributed by atoms with van der Waals surface area (Å²) in [6, 6.07) is 19.5. The van der Waals surface area contributed by atoms with E-state index in [0.717, 1.165) is 28.0 Å². The molecule has 0 saturated carbocycles. The number of nitrogens with one attached hydrogen (secondary N) is 2. The van der Waals surface area contributed by atoms with Crippen LogP contribution < -0.4 is 10.1 Å². The summed E-state index contributed by atoms with van der Waals surface area (Å²) < 4.78 is 5.80. The summed E-state index contributed by atoms with van der Waals surface area (Å²) in [4.78, 5) is 12.0. The Hall–Kier alpha value is -3.34. The van der Waals surface area contributed by atoms with E-state index < -0.39 is 0 Å². The average molecular weight is 407 g/mol. The number of para-hydroxylation sites is 2. The van der Waals surface area contributed by atoms with Crippen LogP contribution in [0.1, 0.15) is 47.1 Å². The molecule has 5 heteroatoms. The van der Waals surface area contributed by atoms with Crippen molar-refractivity contribution in [3.8, 4) is 11.6 Å². The quantitative estimate of drug-likeness (QED) is 0.362. The lowest BCUT2D eigenvalue weighted by Crippen LogP contribution is -1.93. The minimum atomic E-state index is 0.621. The zero-order valence-corrected chi connectivity index (χ0v) is 19.2. The zero-order valence-electron chi connectivity index (χ0n) is 19.2. The van der Waals surface area contributed by atoms with E-state index in [1.807, 2.05) is 109 Å². The molecule has 0 amide bonds. The number of pyridine rings is 1. The molecule has 4 rings (SSSR count). The highest BCUT2D eigenvalue weighted by Gasteiger charge is 2.04. The normalized spacial score (nSPS) is 9.17. The standard InChI is InChI=1S/C19H16N4O.3C2H6/c1-13-5-4-12-20-18(13)24-15-10-8-14(9-11-15)21-19-22-16-6-2-3-7-17(16)23-19;3*1-2/h2-12H,1H3,(H2,21,22,23);3*1-2H3. The van der Waals surface area contributed by atoms with Crippen molar-refractivity contribution >= 4 is 22.7 Å². The van der Waals surface area contributed by atoms with Crippen molar-refractivity contribution < 1.29 is 4.74 Å². The van der Waals surface area contributed by atoms with E-state index in [-0.39, 0.29) is 0 Å². The molecule has 0 atom stereocenters. The minimum absolute atomic E-state index is 0.621. The second-order valence-corrected chi connectivity index (χ2v) is 5.48. The Bertz CT molecular complexity index is 945. The van der Waals surface area contributed by atoms with Crippen LogP contribution in [0.3, 0.4) is 0 Å². The van der Waals surface area contributed by atoms with Crippen molar-refractivity contribution in [1.82, 2.24) is 15.0 Å². The van der Waals surface area contributed by atoms with Crippen molar-refractivity contribution in [3.05, 3.63) is 72.4 Å². The maximum absolute atomic E-state index is 5.80. The van der Waals surface area contributed by atoms with Gasteiger partial charge in [-0.05, 0) is 49.4 Å². The third-order valence-corrected chi connectivity index (χ3v) is 3.68. The monoisotopic (exact) mass is 406 g/mol. The first kappa shape index (κ1) is 24.7. The van der Waals surface area contributed by atoms with Gasteiger partial charge in [0.2, 0.25) is 11.8 Å². The molecule has 0 aliphatic carbocycles. The number of aromatic nitrogens is 3. The number of fused-ring (bicyclic) bond motifs is 1. The first-order valence-electron chi connectivity index (χ1n) is 10.7. The van der Waals surface area contributed by atoms with Gasteiger partial charge < -0.3 is 15.0 Å². The predicted octanol–water partition coefficient (Wildman–Crippen LogP) is 7.88. The van der Waals surface area contributed by atoms with Crippen LogP contribution in [0.25, 0.3) is 11.0 Å². The molecular formula is C25H34N4O. The van der Waals surface area contributed by atoms with Gasteiger partial charge >= 0.3 is 0 Å². The van der Waals surface area contributed by atoms with Gasteiger partial charge in [0, 0.05) is 17.4 Å². The van der Waals surface area contributed by atoms with Crippen LogP contribution in [0.5, 0.6) is 11.6 Å². The molecule has 0 radical (unpaired) electrons. The second kappa shape index (κ2) is 13.8. The number of aromatic amines is 1. The van der Waals surface area contributed by atoms with Crippen molar-refractivity contribution in [2.75, 3.05) is 5.32 Å². The van der Waals surface area contributed by atoms with E-state index in [9.17, 15) is 0 Å². The number of benzene rings is 2. The molecule has 0 bridgehead atoms. The molecule has 0 unspecified atom stereocenters. The minimum Gasteiger partial charge on any atom is -0.439 e. The molecule has 0 fully saturated rings. The molecular weight excluding hydrogens is 372 g/mol. The van der Waals surface area contributed by atoms with Crippen LogP contribution in [0.15, 0.2) is 66.9 Å². The summed E-state index contributed by atoms with van der Waals surface area (Å²) in [5.74, 6) is 2.08. The Morgan fingerprint density at radius 3 is 2.10 bits per heavy atom. The van der Waals surface area contributed by atoms with Crippen molar-refractivity contribution in [2.45, 2.75) is 48.5 Å². The molecule has 0 saturated heterocycles. The van der Waals surface area contributed by atoms with E-state index in [1.165, 1.54) is 0 Å². The Kier molecular flexibility index (Phi) is 11.3. The lowest BCUT2D eigenvalue weighted by molar-refractivity contribution is 0.459. The maximum atomic E-state index is 5.80. The summed E-state index contributed by atoms with van der Waals surface area (Å²) in [6.45, 7) is 14.0. The molecule has 0 aliphatic rings. The first-order valence-corrected chi connectivity index (χ1v) is 10.7. The maximum Gasteiger partial charge on any atom is 0.222 e. The molecule has 160 valence electrons. The van der Waals surface area contributed by atoms with Crippen LogP contribution >= 0.6 is 0 Å². The van der Waals surface area contributed by atoms with E-state index in [0.29, 0.717) is 11.8 Å². The molecule has 2 aromatic heterocycles. The number of aryl methyl sites for hydroxylation is 1. The van der Waals surface area contributed by atoms with Gasteiger partial charge in [-0.2, -0.15) is 0 Å². The topological polar surface area (TPSA) is 62.8 Å². The van der Waals surface area contributed by atoms with Crippen LogP contribution in [0, 0.1) is 6.92 Å². The first-order chi connectivity index (χ1) is 14.8. The largest absolute Gasteiger partial charge is 0.439 e. The number of nitrogens with zero attached hydrogens (tertiary/aromatic N) is 2. The fourth-order valence-corrected chi connectivity index (χ4v) is 2.44. The Labute approximate surface area is 180 Å². The molecule has 5 nitrogen and oxygen atoms in total. The molecule has 0 aliphatic heterocycles. The van der Waals surface area contributed by atoms with Crippen LogP contribution in [-0.4, -0.2) is 15.0 Å². The van der Waals surface area contributed by atoms with Gasteiger partial charge in [-0.1, -0.05) is 59.7 Å². The van der Waals surface area contributed by atoms with Crippen molar-refractivity contribution in [2.24, 2.45) is 0 Å². The average Bonchev–Trinajstić information content (AvgIpc) is 3.23. The summed E-state index contributed by atoms with van der Waals surface area (Å²) in [6.07, 6.45) is 1.72. The highest BCUT2D eigenvalue weighted by Crippen LogP contribution is 2.25. The van der Waals surface area contributed by atoms with Crippen molar-refractivity contribution in [1.29, 1.82) is 0 Å². The molecule has 4 aromatic rings. The summed E-state index contributed by atoms with van der Waals surface area (Å²) in [5, 5.41) is 3.26. The number of anilines is 2. The van der Waals surface area contributed by atoms with Gasteiger partial charge in [-0.3, -0.25) is 0 Å². The van der Waals surface area contributed by atoms with Crippen LogP contribution in [0.2, 0.25) is 0 Å². The number of hydrogen-bond donors (Lipinski definition) is 2. The fraction of sp³-hybridized carbons (Fsp3) is 0.280.